The fourth-order valence-corrected chi connectivity index (χ4v) is 3.94. The number of rotatable bonds is 5. The summed E-state index contributed by atoms with van der Waals surface area (Å²) in [6, 6.07) is 14.9. The summed E-state index contributed by atoms with van der Waals surface area (Å²) in [5.41, 5.74) is 1.11. The Morgan fingerprint density at radius 1 is 0.842 bits per heavy atom. The molecule has 10 heteroatoms. The van der Waals surface area contributed by atoms with Gasteiger partial charge in [-0.1, -0.05) is 45.0 Å². The Morgan fingerprint density at radius 2 is 1.45 bits per heavy atom. The van der Waals surface area contributed by atoms with Crippen LogP contribution in [0, 0.1) is 0 Å². The van der Waals surface area contributed by atoms with Crippen molar-refractivity contribution in [3.05, 3.63) is 82.9 Å². The fraction of sp³-hybridized carbons (Fsp3) is 0.250. The zero-order valence-electron chi connectivity index (χ0n) is 21.6. The topological polar surface area (TPSA) is 90.1 Å². The van der Waals surface area contributed by atoms with Crippen LogP contribution in [0.3, 0.4) is 0 Å². The Kier molecular flexibility index (Phi) is 6.92. The van der Waals surface area contributed by atoms with Crippen molar-refractivity contribution in [2.45, 2.75) is 32.4 Å². The Balaban J connectivity index is 1.70. The number of aromatic amines is 1. The lowest BCUT2D eigenvalue weighted by Crippen LogP contribution is -2.19. The van der Waals surface area contributed by atoms with Gasteiger partial charge in [0.2, 0.25) is 5.95 Å². The number of aromatic nitrogens is 2. The van der Waals surface area contributed by atoms with E-state index in [-0.39, 0.29) is 16.7 Å². The maximum Gasteiger partial charge on any atom is 0.417 e. The third-order valence-electron chi connectivity index (χ3n) is 5.99. The number of hydrogen-bond acceptors (Lipinski definition) is 4. The first kappa shape index (κ1) is 26.7. The average molecular weight is 524 g/mol. The Labute approximate surface area is 218 Å². The molecule has 4 rings (SSSR count). The van der Waals surface area contributed by atoms with Gasteiger partial charge in [0.25, 0.3) is 11.8 Å². The van der Waals surface area contributed by atoms with Crippen LogP contribution < -0.4 is 15.5 Å². The van der Waals surface area contributed by atoms with Crippen LogP contribution in [0.25, 0.3) is 11.0 Å². The summed E-state index contributed by atoms with van der Waals surface area (Å²) in [7, 11) is 3.54. The van der Waals surface area contributed by atoms with Crippen LogP contribution in [0.1, 0.15) is 52.6 Å². The highest BCUT2D eigenvalue weighted by Gasteiger charge is 2.35. The van der Waals surface area contributed by atoms with Gasteiger partial charge in [0.05, 0.1) is 22.2 Å². The summed E-state index contributed by atoms with van der Waals surface area (Å²) in [5, 5.41) is 5.35. The van der Waals surface area contributed by atoms with Crippen LogP contribution >= 0.6 is 0 Å². The molecule has 0 saturated heterocycles. The van der Waals surface area contributed by atoms with Crippen LogP contribution in [0.15, 0.2) is 60.7 Å². The maximum atomic E-state index is 13.5. The zero-order chi connectivity index (χ0) is 27.8. The van der Waals surface area contributed by atoms with Gasteiger partial charge in [-0.3, -0.25) is 9.59 Å². The average Bonchev–Trinajstić information content (AvgIpc) is 3.27. The molecule has 38 heavy (non-hydrogen) atoms. The molecule has 0 spiro atoms. The molecule has 3 N–H and O–H groups in total. The molecule has 0 bridgehead atoms. The second kappa shape index (κ2) is 9.85. The lowest BCUT2D eigenvalue weighted by atomic mass is 9.87. The number of fused-ring (bicyclic) bond motifs is 1. The molecule has 0 saturated carbocycles. The molecule has 3 aromatic carbocycles. The van der Waals surface area contributed by atoms with Crippen molar-refractivity contribution < 1.29 is 22.8 Å². The molecule has 0 aliphatic carbocycles. The number of nitrogens with one attached hydrogen (secondary N) is 3. The number of amides is 2. The fourth-order valence-electron chi connectivity index (χ4n) is 3.94. The van der Waals surface area contributed by atoms with Gasteiger partial charge in [-0.2, -0.15) is 13.2 Å². The first-order valence-electron chi connectivity index (χ1n) is 11.8. The molecule has 4 aromatic rings. The highest BCUT2D eigenvalue weighted by molar-refractivity contribution is 6.14. The van der Waals surface area contributed by atoms with Gasteiger partial charge in [-0.25, -0.2) is 4.98 Å². The number of anilines is 3. The van der Waals surface area contributed by atoms with Crippen molar-refractivity contribution in [1.29, 1.82) is 0 Å². The van der Waals surface area contributed by atoms with Crippen LogP contribution in [0.5, 0.6) is 0 Å². The lowest BCUT2D eigenvalue weighted by Gasteiger charge is -2.19. The molecule has 2 amide bonds. The standard InChI is InChI=1S/C28H28F3N5O2/c1-27(2,3)16-10-12-17(13-11-16)32-25(38)20-14-18(15-22-23(20)35-26(34-22)36(4)5)33-24(37)19-8-6-7-9-21(19)28(29,30)31/h6-15H,1-5H3,(H,32,38)(H,33,37)(H,34,35). The van der Waals surface area contributed by atoms with Crippen LogP contribution in [0.4, 0.5) is 30.5 Å². The molecule has 1 aromatic heterocycles. The summed E-state index contributed by atoms with van der Waals surface area (Å²) in [4.78, 5) is 35.5. The monoisotopic (exact) mass is 523 g/mol. The molecule has 0 aliphatic rings. The molecule has 198 valence electrons. The number of carbonyl (C=O) groups excluding carboxylic acids is 2. The van der Waals surface area contributed by atoms with Crippen molar-refractivity contribution >= 4 is 40.2 Å². The molecule has 0 fully saturated rings. The van der Waals surface area contributed by atoms with E-state index in [0.717, 1.165) is 17.7 Å². The Bertz CT molecular complexity index is 1500. The van der Waals surface area contributed by atoms with Gasteiger partial charge < -0.3 is 20.5 Å². The lowest BCUT2D eigenvalue weighted by molar-refractivity contribution is -0.137. The molecular formula is C28H28F3N5O2. The summed E-state index contributed by atoms with van der Waals surface area (Å²) in [5.74, 6) is -0.967. The van der Waals surface area contributed by atoms with Gasteiger partial charge >= 0.3 is 6.18 Å². The molecule has 0 atom stereocenters. The van der Waals surface area contributed by atoms with Crippen LogP contribution in [0.2, 0.25) is 0 Å². The number of H-pyrrole nitrogens is 1. The predicted octanol–water partition coefficient (Wildman–Crippen LogP) is 6.45. The van der Waals surface area contributed by atoms with Gasteiger partial charge in [-0.05, 0) is 47.4 Å². The summed E-state index contributed by atoms with van der Waals surface area (Å²) in [6.45, 7) is 6.26. The number of carbonyl (C=O) groups is 2. The predicted molar refractivity (Wildman–Crippen MR) is 143 cm³/mol. The zero-order valence-corrected chi connectivity index (χ0v) is 21.6. The van der Waals surface area contributed by atoms with E-state index in [2.05, 4.69) is 41.4 Å². The van der Waals surface area contributed by atoms with Crippen molar-refractivity contribution in [2.24, 2.45) is 0 Å². The van der Waals surface area contributed by atoms with E-state index in [0.29, 0.717) is 22.7 Å². The molecular weight excluding hydrogens is 495 g/mol. The van der Waals surface area contributed by atoms with Crippen molar-refractivity contribution in [3.8, 4) is 0 Å². The van der Waals surface area contributed by atoms with E-state index in [4.69, 9.17) is 0 Å². The number of imidazole rings is 1. The largest absolute Gasteiger partial charge is 0.417 e. The van der Waals surface area contributed by atoms with E-state index >= 15 is 0 Å². The number of benzene rings is 3. The normalized spacial score (nSPS) is 11.9. The minimum atomic E-state index is -4.70. The first-order valence-corrected chi connectivity index (χ1v) is 11.8. The number of alkyl halides is 3. The third kappa shape index (κ3) is 5.64. The smallest absolute Gasteiger partial charge is 0.349 e. The maximum absolute atomic E-state index is 13.5. The van der Waals surface area contributed by atoms with E-state index in [9.17, 15) is 22.8 Å². The minimum absolute atomic E-state index is 0.0520. The number of hydrogen-bond donors (Lipinski definition) is 3. The molecule has 0 aliphatic heterocycles. The van der Waals surface area contributed by atoms with Crippen LogP contribution in [-0.2, 0) is 11.6 Å². The highest BCUT2D eigenvalue weighted by atomic mass is 19.4. The number of halogens is 3. The first-order chi connectivity index (χ1) is 17.7. The summed E-state index contributed by atoms with van der Waals surface area (Å²) >= 11 is 0. The Hall–Kier alpha value is -4.34. The van der Waals surface area contributed by atoms with Gasteiger partial charge in [0, 0.05) is 25.5 Å². The van der Waals surface area contributed by atoms with Gasteiger partial charge in [-0.15, -0.1) is 0 Å². The summed E-state index contributed by atoms with van der Waals surface area (Å²) in [6.07, 6.45) is -4.70. The minimum Gasteiger partial charge on any atom is -0.349 e. The number of nitrogens with zero attached hydrogens (tertiary/aromatic N) is 2. The highest BCUT2D eigenvalue weighted by Crippen LogP contribution is 2.33. The SMILES string of the molecule is CN(C)c1nc2c(C(=O)Nc3ccc(C(C)(C)C)cc3)cc(NC(=O)c3ccccc3C(F)(F)F)cc2[nH]1. The van der Waals surface area contributed by atoms with E-state index in [1.807, 2.05) is 12.1 Å². The quantitative estimate of drug-likeness (QED) is 0.280. The summed E-state index contributed by atoms with van der Waals surface area (Å²) < 4.78 is 40.4. The van der Waals surface area contributed by atoms with E-state index < -0.39 is 29.1 Å². The van der Waals surface area contributed by atoms with Crippen molar-refractivity contribution in [2.75, 3.05) is 29.6 Å². The third-order valence-corrected chi connectivity index (χ3v) is 5.99. The van der Waals surface area contributed by atoms with Crippen molar-refractivity contribution in [3.63, 3.8) is 0 Å². The van der Waals surface area contributed by atoms with Crippen LogP contribution in [-0.4, -0.2) is 35.9 Å². The van der Waals surface area contributed by atoms with E-state index in [1.165, 1.54) is 24.3 Å². The molecule has 1 heterocycles. The van der Waals surface area contributed by atoms with E-state index in [1.54, 1.807) is 31.1 Å². The second-order valence-electron chi connectivity index (χ2n) is 10.2. The molecule has 7 nitrogen and oxygen atoms in total. The molecule has 0 unspecified atom stereocenters. The van der Waals surface area contributed by atoms with Gasteiger partial charge in [0.15, 0.2) is 0 Å². The van der Waals surface area contributed by atoms with Gasteiger partial charge in [0.1, 0.15) is 5.52 Å². The Morgan fingerprint density at radius 3 is 2.05 bits per heavy atom. The second-order valence-corrected chi connectivity index (χ2v) is 10.2. The molecule has 0 radical (unpaired) electrons. The van der Waals surface area contributed by atoms with Crippen molar-refractivity contribution in [1.82, 2.24) is 9.97 Å².